The van der Waals surface area contributed by atoms with Gasteiger partial charge in [-0.3, -0.25) is 4.79 Å². The minimum absolute atomic E-state index is 0.0987. The van der Waals surface area contributed by atoms with E-state index in [0.717, 1.165) is 0 Å². The van der Waals surface area contributed by atoms with Gasteiger partial charge < -0.3 is 4.74 Å². The number of esters is 1. The number of hydrogen-bond donors (Lipinski definition) is 0. The van der Waals surface area contributed by atoms with Gasteiger partial charge in [0.2, 0.25) is 0 Å². The smallest absolute Gasteiger partial charge is 0.375 e. The van der Waals surface area contributed by atoms with Crippen molar-refractivity contribution in [2.45, 2.75) is 18.7 Å². The second kappa shape index (κ2) is 4.49. The van der Waals surface area contributed by atoms with E-state index in [1.54, 1.807) is 0 Å². The molecule has 0 N–H and O–H groups in total. The van der Waals surface area contributed by atoms with Gasteiger partial charge in [-0.25, -0.2) is 4.79 Å². The summed E-state index contributed by atoms with van der Waals surface area (Å²) in [5, 5.41) is 0. The standard InChI is InChI=1S/C7H11BrO3/c1-4(2)5(8)6(9)7(10)11-3/h4-5H,1-3H3. The fourth-order valence-electron chi connectivity index (χ4n) is 0.516. The Balaban J connectivity index is 4.14. The van der Waals surface area contributed by atoms with Crippen LogP contribution in [0.5, 0.6) is 0 Å². The number of Topliss-reactive ketones (excluding diaryl/α,β-unsaturated/α-hetero) is 1. The van der Waals surface area contributed by atoms with Crippen molar-refractivity contribution in [3.05, 3.63) is 0 Å². The predicted octanol–water partition coefficient (Wildman–Crippen LogP) is 1.15. The fraction of sp³-hybridized carbons (Fsp3) is 0.714. The molecule has 64 valence electrons. The van der Waals surface area contributed by atoms with Crippen molar-refractivity contribution >= 4 is 27.7 Å². The maximum atomic E-state index is 11.0. The lowest BCUT2D eigenvalue weighted by molar-refractivity contribution is -0.151. The van der Waals surface area contributed by atoms with Crippen LogP contribution in [-0.4, -0.2) is 23.7 Å². The van der Waals surface area contributed by atoms with Gasteiger partial charge in [0, 0.05) is 0 Å². The van der Waals surface area contributed by atoms with Crippen molar-refractivity contribution in [2.75, 3.05) is 7.11 Å². The van der Waals surface area contributed by atoms with Gasteiger partial charge in [0.05, 0.1) is 11.9 Å². The molecule has 0 aromatic heterocycles. The SMILES string of the molecule is COC(=O)C(=O)C(Br)C(C)C. The van der Waals surface area contributed by atoms with Crippen LogP contribution in [0.2, 0.25) is 0 Å². The normalized spacial score (nSPS) is 12.8. The zero-order chi connectivity index (χ0) is 9.02. The number of ketones is 1. The lowest BCUT2D eigenvalue weighted by atomic mass is 10.1. The van der Waals surface area contributed by atoms with E-state index in [2.05, 4.69) is 20.7 Å². The lowest BCUT2D eigenvalue weighted by Crippen LogP contribution is -2.28. The molecule has 0 amide bonds. The van der Waals surface area contributed by atoms with Crippen LogP contribution in [0.25, 0.3) is 0 Å². The third kappa shape index (κ3) is 3.01. The van der Waals surface area contributed by atoms with Crippen molar-refractivity contribution in [1.82, 2.24) is 0 Å². The van der Waals surface area contributed by atoms with Gasteiger partial charge in [0.25, 0.3) is 5.78 Å². The number of methoxy groups -OCH3 is 1. The van der Waals surface area contributed by atoms with Gasteiger partial charge in [0.1, 0.15) is 0 Å². The summed E-state index contributed by atoms with van der Waals surface area (Å²) in [6.07, 6.45) is 0. The molecule has 0 aliphatic carbocycles. The molecule has 0 saturated heterocycles. The Morgan fingerprint density at radius 1 is 1.36 bits per heavy atom. The average Bonchev–Trinajstić information content (AvgIpc) is 2.00. The third-order valence-corrected chi connectivity index (χ3v) is 2.70. The topological polar surface area (TPSA) is 43.4 Å². The minimum atomic E-state index is -0.791. The first-order valence-corrected chi connectivity index (χ1v) is 4.18. The van der Waals surface area contributed by atoms with E-state index in [1.807, 2.05) is 13.8 Å². The van der Waals surface area contributed by atoms with Gasteiger partial charge in [-0.2, -0.15) is 0 Å². The van der Waals surface area contributed by atoms with E-state index in [1.165, 1.54) is 7.11 Å². The highest BCUT2D eigenvalue weighted by Crippen LogP contribution is 2.13. The molecule has 11 heavy (non-hydrogen) atoms. The molecule has 0 bridgehead atoms. The summed E-state index contributed by atoms with van der Waals surface area (Å²) in [6, 6.07) is 0. The average molecular weight is 223 g/mol. The molecule has 0 rings (SSSR count). The molecule has 3 nitrogen and oxygen atoms in total. The lowest BCUT2D eigenvalue weighted by Gasteiger charge is -2.09. The second-order valence-corrected chi connectivity index (χ2v) is 3.49. The van der Waals surface area contributed by atoms with Crippen LogP contribution in [0.3, 0.4) is 0 Å². The molecule has 1 atom stereocenters. The summed E-state index contributed by atoms with van der Waals surface area (Å²) in [5.41, 5.74) is 0. The summed E-state index contributed by atoms with van der Waals surface area (Å²) in [4.78, 5) is 21.2. The Bertz CT molecular complexity index is 165. The molecule has 0 radical (unpaired) electrons. The first-order valence-electron chi connectivity index (χ1n) is 3.27. The first kappa shape index (κ1) is 10.6. The summed E-state index contributed by atoms with van der Waals surface area (Å²) < 4.78 is 4.26. The highest BCUT2D eigenvalue weighted by atomic mass is 79.9. The van der Waals surface area contributed by atoms with E-state index in [0.29, 0.717) is 0 Å². The monoisotopic (exact) mass is 222 g/mol. The van der Waals surface area contributed by atoms with Gasteiger partial charge in [-0.15, -0.1) is 0 Å². The fourth-order valence-corrected chi connectivity index (χ4v) is 0.703. The number of ether oxygens (including phenoxy) is 1. The Labute approximate surface area is 74.2 Å². The van der Waals surface area contributed by atoms with Gasteiger partial charge in [-0.1, -0.05) is 29.8 Å². The molecule has 4 heteroatoms. The molecule has 0 aromatic rings. The van der Waals surface area contributed by atoms with Gasteiger partial charge in [-0.05, 0) is 5.92 Å². The summed E-state index contributed by atoms with van der Waals surface area (Å²) in [7, 11) is 1.19. The van der Waals surface area contributed by atoms with Crippen molar-refractivity contribution < 1.29 is 14.3 Å². The van der Waals surface area contributed by atoms with Crippen LogP contribution >= 0.6 is 15.9 Å². The van der Waals surface area contributed by atoms with E-state index in [-0.39, 0.29) is 5.92 Å². The molecule has 1 unspecified atom stereocenters. The van der Waals surface area contributed by atoms with Crippen LogP contribution in [0, 0.1) is 5.92 Å². The van der Waals surface area contributed by atoms with Gasteiger partial charge >= 0.3 is 5.97 Å². The maximum Gasteiger partial charge on any atom is 0.375 e. The molecule has 0 spiro atoms. The van der Waals surface area contributed by atoms with E-state index >= 15 is 0 Å². The molecular weight excluding hydrogens is 212 g/mol. The molecule has 0 aliphatic rings. The third-order valence-electron chi connectivity index (χ3n) is 1.22. The van der Waals surface area contributed by atoms with E-state index in [4.69, 9.17) is 0 Å². The second-order valence-electron chi connectivity index (χ2n) is 2.50. The van der Waals surface area contributed by atoms with Crippen LogP contribution in [-0.2, 0) is 14.3 Å². The highest BCUT2D eigenvalue weighted by Gasteiger charge is 2.25. The first-order chi connectivity index (χ1) is 5.00. The molecule has 0 aromatic carbocycles. The number of carbonyl (C=O) groups excluding carboxylic acids is 2. The molecule has 0 aliphatic heterocycles. The Morgan fingerprint density at radius 3 is 2.09 bits per heavy atom. The zero-order valence-electron chi connectivity index (χ0n) is 6.76. The minimum Gasteiger partial charge on any atom is -0.463 e. The van der Waals surface area contributed by atoms with Crippen molar-refractivity contribution in [3.63, 3.8) is 0 Å². The summed E-state index contributed by atoms with van der Waals surface area (Å²) in [6.45, 7) is 3.69. The number of alkyl halides is 1. The number of halogens is 1. The van der Waals surface area contributed by atoms with Crippen molar-refractivity contribution in [1.29, 1.82) is 0 Å². The maximum absolute atomic E-state index is 11.0. The Kier molecular flexibility index (Phi) is 4.33. The Morgan fingerprint density at radius 2 is 1.82 bits per heavy atom. The van der Waals surface area contributed by atoms with Crippen molar-refractivity contribution in [3.8, 4) is 0 Å². The largest absolute Gasteiger partial charge is 0.463 e. The highest BCUT2D eigenvalue weighted by molar-refractivity contribution is 9.10. The number of rotatable bonds is 3. The zero-order valence-corrected chi connectivity index (χ0v) is 8.34. The van der Waals surface area contributed by atoms with Crippen LogP contribution in [0.4, 0.5) is 0 Å². The van der Waals surface area contributed by atoms with E-state index in [9.17, 15) is 9.59 Å². The molecular formula is C7H11BrO3. The van der Waals surface area contributed by atoms with Crippen LogP contribution in [0.15, 0.2) is 0 Å². The Hall–Kier alpha value is -0.380. The summed E-state index contributed by atoms with van der Waals surface area (Å²) in [5.74, 6) is -1.22. The molecule has 0 fully saturated rings. The van der Waals surface area contributed by atoms with Crippen molar-refractivity contribution in [2.24, 2.45) is 5.92 Å². The van der Waals surface area contributed by atoms with E-state index < -0.39 is 16.6 Å². The number of hydrogen-bond acceptors (Lipinski definition) is 3. The molecule has 0 saturated carbocycles. The van der Waals surface area contributed by atoms with Gasteiger partial charge in [0.15, 0.2) is 0 Å². The molecule has 0 heterocycles. The predicted molar refractivity (Wildman–Crippen MR) is 44.6 cm³/mol. The number of carbonyl (C=O) groups is 2. The van der Waals surface area contributed by atoms with Crippen LogP contribution < -0.4 is 0 Å². The van der Waals surface area contributed by atoms with Crippen LogP contribution in [0.1, 0.15) is 13.8 Å². The summed E-state index contributed by atoms with van der Waals surface area (Å²) >= 11 is 3.10. The quantitative estimate of drug-likeness (QED) is 0.409.